The second kappa shape index (κ2) is 12.1. The lowest BCUT2D eigenvalue weighted by atomic mass is 9.80. The summed E-state index contributed by atoms with van der Waals surface area (Å²) in [5.74, 6) is 0.917. The molecule has 2 saturated heterocycles. The van der Waals surface area contributed by atoms with Crippen LogP contribution in [-0.2, 0) is 20.4 Å². The number of carbonyl (C=O) groups is 1. The number of fused-ring (bicyclic) bond motifs is 2. The summed E-state index contributed by atoms with van der Waals surface area (Å²) in [5, 5.41) is 9.71. The fourth-order valence-corrected chi connectivity index (χ4v) is 8.77. The Morgan fingerprint density at radius 1 is 0.917 bits per heavy atom. The molecule has 13 heteroatoms. The van der Waals surface area contributed by atoms with Gasteiger partial charge in [0.05, 0.1) is 44.3 Å². The Labute approximate surface area is 279 Å². The number of pyridine rings is 2. The number of rotatable bonds is 9. The highest BCUT2D eigenvalue weighted by atomic mass is 32.2. The van der Waals surface area contributed by atoms with E-state index in [2.05, 4.69) is 25.8 Å². The monoisotopic (exact) mass is 666 g/mol. The number of hydrogen-bond acceptors (Lipinski definition) is 11. The van der Waals surface area contributed by atoms with E-state index in [4.69, 9.17) is 14.2 Å². The maximum Gasteiger partial charge on any atom is 0.288 e. The van der Waals surface area contributed by atoms with Crippen molar-refractivity contribution < 1.29 is 27.4 Å². The molecule has 1 amide bonds. The van der Waals surface area contributed by atoms with Gasteiger partial charge in [0.2, 0.25) is 0 Å². The fourth-order valence-electron chi connectivity index (χ4n) is 7.39. The first-order chi connectivity index (χ1) is 23.3. The van der Waals surface area contributed by atoms with E-state index in [-0.39, 0.29) is 28.1 Å². The molecule has 246 valence electrons. The summed E-state index contributed by atoms with van der Waals surface area (Å²) in [5.41, 5.74) is 0.666. The molecule has 3 aliphatic rings. The van der Waals surface area contributed by atoms with Crippen molar-refractivity contribution in [2.45, 2.75) is 17.5 Å². The second-order valence-corrected chi connectivity index (χ2v) is 13.7. The molecule has 0 bridgehead atoms. The molecule has 3 atom stereocenters. The number of sulfonamides is 1. The molecule has 5 heterocycles. The van der Waals surface area contributed by atoms with Gasteiger partial charge in [-0.15, -0.1) is 0 Å². The average molecular weight is 667 g/mol. The summed E-state index contributed by atoms with van der Waals surface area (Å²) in [6, 6.07) is 18.9. The number of nitrogens with zero attached hydrogens (tertiary/aromatic N) is 6. The summed E-state index contributed by atoms with van der Waals surface area (Å²) in [7, 11) is -1.55. The summed E-state index contributed by atoms with van der Waals surface area (Å²) < 4.78 is 46.8. The van der Waals surface area contributed by atoms with Crippen LogP contribution >= 0.6 is 0 Å². The van der Waals surface area contributed by atoms with Gasteiger partial charge in [-0.1, -0.05) is 0 Å². The zero-order valence-corrected chi connectivity index (χ0v) is 27.6. The van der Waals surface area contributed by atoms with Crippen LogP contribution < -0.4 is 23.4 Å². The molecular formula is C35H34N6O6S. The number of amides is 1. The first kappa shape index (κ1) is 31.4. The van der Waals surface area contributed by atoms with Crippen LogP contribution in [0.1, 0.15) is 23.6 Å². The lowest BCUT2D eigenvalue weighted by Crippen LogP contribution is -2.55. The second-order valence-electron chi connectivity index (χ2n) is 12.0. The predicted octanol–water partition coefficient (Wildman–Crippen LogP) is 3.81. The number of methoxy groups -OCH3 is 2. The number of hydrogen-bond donors (Lipinski definition) is 0. The Balaban J connectivity index is 1.43. The average Bonchev–Trinajstić information content (AvgIpc) is 3.78. The minimum Gasteiger partial charge on any atom is -0.497 e. The highest BCUT2D eigenvalue weighted by Crippen LogP contribution is 2.55. The zero-order chi connectivity index (χ0) is 33.6. The molecule has 2 aromatic carbocycles. The van der Waals surface area contributed by atoms with Crippen LogP contribution in [0.25, 0.3) is 0 Å². The predicted molar refractivity (Wildman–Crippen MR) is 177 cm³/mol. The van der Waals surface area contributed by atoms with Gasteiger partial charge in [0.25, 0.3) is 15.9 Å². The van der Waals surface area contributed by atoms with E-state index in [1.807, 2.05) is 19.1 Å². The van der Waals surface area contributed by atoms with E-state index in [0.29, 0.717) is 48.1 Å². The van der Waals surface area contributed by atoms with E-state index >= 15 is 4.79 Å². The van der Waals surface area contributed by atoms with Crippen LogP contribution in [0.5, 0.6) is 17.2 Å². The third kappa shape index (κ3) is 4.82. The van der Waals surface area contributed by atoms with Crippen molar-refractivity contribution in [1.29, 1.82) is 5.26 Å². The lowest BCUT2D eigenvalue weighted by Gasteiger charge is -2.40. The van der Waals surface area contributed by atoms with Crippen molar-refractivity contribution in [2.75, 3.05) is 56.2 Å². The van der Waals surface area contributed by atoms with Gasteiger partial charge in [-0.3, -0.25) is 14.7 Å². The molecule has 3 aliphatic heterocycles. The van der Waals surface area contributed by atoms with Crippen molar-refractivity contribution in [1.82, 2.24) is 14.9 Å². The normalized spacial score (nSPS) is 21.9. The maximum atomic E-state index is 15.4. The first-order valence-electron chi connectivity index (χ1n) is 15.6. The number of anilines is 2. The quantitative estimate of drug-likeness (QED) is 0.258. The number of benzene rings is 2. The number of nitriles is 1. The molecule has 0 radical (unpaired) electrons. The minimum absolute atomic E-state index is 0.150. The van der Waals surface area contributed by atoms with E-state index in [1.54, 1.807) is 36.7 Å². The Bertz CT molecular complexity index is 2010. The fraction of sp³-hybridized carbons (Fsp3) is 0.314. The van der Waals surface area contributed by atoms with E-state index in [9.17, 15) is 13.7 Å². The van der Waals surface area contributed by atoms with Gasteiger partial charge in [0.15, 0.2) is 10.6 Å². The Morgan fingerprint density at radius 3 is 2.25 bits per heavy atom. The summed E-state index contributed by atoms with van der Waals surface area (Å²) in [4.78, 5) is 28.1. The summed E-state index contributed by atoms with van der Waals surface area (Å²) in [6.45, 7) is 4.65. The van der Waals surface area contributed by atoms with Gasteiger partial charge in [-0.05, 0) is 79.4 Å². The third-order valence-corrected chi connectivity index (χ3v) is 11.2. The van der Waals surface area contributed by atoms with Gasteiger partial charge in [0, 0.05) is 55.4 Å². The molecule has 48 heavy (non-hydrogen) atoms. The summed E-state index contributed by atoms with van der Waals surface area (Å²) >= 11 is 0. The third-order valence-electron chi connectivity index (χ3n) is 9.54. The standard InChI is InChI=1S/C35H34N6O6S/c1-4-47-32-9-6-27(45-2)16-30(32)35(40-21-24-19-39(20-25(24)22-40)26-11-13-37-14-12-26)29-15-23(17-36)5-8-31(29)41(34(35)42)48(43,44)33-10-7-28(46-3)18-38-33/h5-16,18,24-25H,4,19-22H2,1-3H3. The molecule has 4 aromatic rings. The van der Waals surface area contributed by atoms with Crippen LogP contribution in [0.4, 0.5) is 11.4 Å². The van der Waals surface area contributed by atoms with Crippen molar-refractivity contribution in [3.63, 3.8) is 0 Å². The van der Waals surface area contributed by atoms with Gasteiger partial charge in [-0.2, -0.15) is 18.0 Å². The van der Waals surface area contributed by atoms with Crippen molar-refractivity contribution in [3.8, 4) is 23.3 Å². The van der Waals surface area contributed by atoms with Crippen LogP contribution in [0.2, 0.25) is 0 Å². The highest BCUT2D eigenvalue weighted by Gasteiger charge is 2.63. The molecule has 0 spiro atoms. The van der Waals surface area contributed by atoms with E-state index in [1.165, 1.54) is 44.7 Å². The molecule has 0 aliphatic carbocycles. The Morgan fingerprint density at radius 2 is 1.62 bits per heavy atom. The van der Waals surface area contributed by atoms with Crippen LogP contribution in [-0.4, -0.2) is 76.2 Å². The van der Waals surface area contributed by atoms with E-state index < -0.39 is 21.5 Å². The van der Waals surface area contributed by atoms with Gasteiger partial charge >= 0.3 is 0 Å². The van der Waals surface area contributed by atoms with Crippen molar-refractivity contribution >= 4 is 27.3 Å². The maximum absolute atomic E-state index is 15.4. The number of likely N-dealkylation sites (tertiary alicyclic amines) is 1. The smallest absolute Gasteiger partial charge is 0.288 e. The van der Waals surface area contributed by atoms with E-state index in [0.717, 1.165) is 23.1 Å². The SMILES string of the molecule is CCOc1ccc(OC)cc1C1(N2CC3CN(c4ccncc4)CC3C2)C(=O)N(S(=O)(=O)c2ccc(OC)cn2)c2ccc(C#N)cc21. The number of aromatic nitrogens is 2. The Kier molecular flexibility index (Phi) is 7.93. The number of carbonyl (C=O) groups excluding carboxylic acids is 1. The van der Waals surface area contributed by atoms with Crippen LogP contribution in [0, 0.1) is 23.2 Å². The number of ether oxygens (including phenoxy) is 3. The zero-order valence-electron chi connectivity index (χ0n) is 26.7. The largest absolute Gasteiger partial charge is 0.497 e. The molecule has 2 fully saturated rings. The molecule has 0 saturated carbocycles. The molecule has 12 nitrogen and oxygen atoms in total. The van der Waals surface area contributed by atoms with Gasteiger partial charge < -0.3 is 19.1 Å². The van der Waals surface area contributed by atoms with Crippen molar-refractivity contribution in [2.24, 2.45) is 11.8 Å². The van der Waals surface area contributed by atoms with Gasteiger partial charge in [0.1, 0.15) is 17.2 Å². The minimum atomic E-state index is -4.54. The molecular weight excluding hydrogens is 632 g/mol. The Hall–Kier alpha value is -5.19. The highest BCUT2D eigenvalue weighted by molar-refractivity contribution is 7.93. The van der Waals surface area contributed by atoms with Crippen LogP contribution in [0.15, 0.2) is 84.3 Å². The van der Waals surface area contributed by atoms with Crippen molar-refractivity contribution in [3.05, 3.63) is 95.9 Å². The van der Waals surface area contributed by atoms with Gasteiger partial charge in [-0.25, -0.2) is 4.98 Å². The molecule has 7 rings (SSSR count). The van der Waals surface area contributed by atoms with Crippen LogP contribution in [0.3, 0.4) is 0 Å². The molecule has 0 N–H and O–H groups in total. The molecule has 3 unspecified atom stereocenters. The molecule has 2 aromatic heterocycles. The first-order valence-corrected chi connectivity index (χ1v) is 17.1. The lowest BCUT2D eigenvalue weighted by molar-refractivity contribution is -0.126. The topological polar surface area (TPSA) is 138 Å². The summed E-state index contributed by atoms with van der Waals surface area (Å²) in [6.07, 6.45) is 4.85.